The third-order valence-corrected chi connectivity index (χ3v) is 3.32. The van der Waals surface area contributed by atoms with Crippen molar-refractivity contribution in [2.24, 2.45) is 0 Å². The highest BCUT2D eigenvalue weighted by molar-refractivity contribution is 6.07. The first kappa shape index (κ1) is 14.0. The van der Waals surface area contributed by atoms with Crippen molar-refractivity contribution in [1.29, 1.82) is 0 Å². The van der Waals surface area contributed by atoms with Crippen LogP contribution in [0.4, 0.5) is 10.1 Å². The van der Waals surface area contributed by atoms with Crippen LogP contribution >= 0.6 is 0 Å². The second kappa shape index (κ2) is 6.22. The molecule has 1 N–H and O–H groups in total. The number of anilines is 1. The fourth-order valence-corrected chi connectivity index (χ4v) is 2.29. The van der Waals surface area contributed by atoms with Gasteiger partial charge in [-0.25, -0.2) is 4.39 Å². The van der Waals surface area contributed by atoms with Crippen molar-refractivity contribution in [2.75, 3.05) is 5.32 Å². The molecule has 0 atom stereocenters. The molecule has 22 heavy (non-hydrogen) atoms. The molecule has 1 amide bonds. The van der Waals surface area contributed by atoms with Crippen molar-refractivity contribution in [1.82, 2.24) is 0 Å². The third-order valence-electron chi connectivity index (χ3n) is 3.32. The van der Waals surface area contributed by atoms with Crippen molar-refractivity contribution in [3.63, 3.8) is 0 Å². The highest BCUT2D eigenvalue weighted by Gasteiger charge is 2.02. The van der Waals surface area contributed by atoms with E-state index in [1.54, 1.807) is 18.2 Å². The number of benzene rings is 3. The molecule has 0 heterocycles. The maximum Gasteiger partial charge on any atom is 0.248 e. The smallest absolute Gasteiger partial charge is 0.248 e. The number of rotatable bonds is 3. The Kier molecular flexibility index (Phi) is 3.97. The van der Waals surface area contributed by atoms with Gasteiger partial charge in [-0.15, -0.1) is 0 Å². The molecule has 0 saturated carbocycles. The van der Waals surface area contributed by atoms with Gasteiger partial charge in [-0.05, 0) is 35.2 Å². The van der Waals surface area contributed by atoms with Gasteiger partial charge in [-0.2, -0.15) is 0 Å². The molecule has 3 heteroatoms. The first-order chi connectivity index (χ1) is 10.7. The Morgan fingerprint density at radius 1 is 0.955 bits per heavy atom. The van der Waals surface area contributed by atoms with E-state index < -0.39 is 0 Å². The summed E-state index contributed by atoms with van der Waals surface area (Å²) in [5.41, 5.74) is 1.40. The van der Waals surface area contributed by atoms with E-state index in [0.717, 1.165) is 16.5 Å². The predicted octanol–water partition coefficient (Wildman–Crippen LogP) is 4.63. The Hall–Kier alpha value is -2.94. The monoisotopic (exact) mass is 291 g/mol. The molecule has 0 aliphatic heterocycles. The maximum absolute atomic E-state index is 13.1. The summed E-state index contributed by atoms with van der Waals surface area (Å²) >= 11 is 0. The van der Waals surface area contributed by atoms with Crippen LogP contribution in [0.2, 0.25) is 0 Å². The van der Waals surface area contributed by atoms with Crippen molar-refractivity contribution < 1.29 is 9.18 Å². The number of carbonyl (C=O) groups is 1. The Bertz CT molecular complexity index is 849. The van der Waals surface area contributed by atoms with Crippen molar-refractivity contribution in [2.45, 2.75) is 0 Å². The van der Waals surface area contributed by atoms with Crippen LogP contribution in [-0.2, 0) is 4.79 Å². The summed E-state index contributed by atoms with van der Waals surface area (Å²) < 4.78 is 13.1. The Labute approximate surface area is 127 Å². The van der Waals surface area contributed by atoms with Crippen LogP contribution < -0.4 is 5.32 Å². The third kappa shape index (κ3) is 3.20. The minimum Gasteiger partial charge on any atom is -0.322 e. The fourth-order valence-electron chi connectivity index (χ4n) is 2.29. The summed E-state index contributed by atoms with van der Waals surface area (Å²) in [5, 5.41) is 4.90. The first-order valence-corrected chi connectivity index (χ1v) is 6.95. The van der Waals surface area contributed by atoms with Crippen LogP contribution in [0.5, 0.6) is 0 Å². The van der Waals surface area contributed by atoms with Crippen LogP contribution in [0.1, 0.15) is 5.56 Å². The summed E-state index contributed by atoms with van der Waals surface area (Å²) in [4.78, 5) is 12.0. The lowest BCUT2D eigenvalue weighted by Gasteiger charge is -2.06. The van der Waals surface area contributed by atoms with Gasteiger partial charge >= 0.3 is 0 Å². The number of hydrogen-bond donors (Lipinski definition) is 1. The molecule has 3 rings (SSSR count). The van der Waals surface area contributed by atoms with Crippen molar-refractivity contribution >= 4 is 28.4 Å². The molecule has 0 aliphatic rings. The predicted molar refractivity (Wildman–Crippen MR) is 88.0 cm³/mol. The molecular formula is C19H14FNO. The van der Waals surface area contributed by atoms with Gasteiger partial charge in [0.25, 0.3) is 0 Å². The zero-order valence-corrected chi connectivity index (χ0v) is 11.8. The molecule has 3 aromatic carbocycles. The van der Waals surface area contributed by atoms with Crippen LogP contribution in [0, 0.1) is 5.82 Å². The van der Waals surface area contributed by atoms with E-state index in [2.05, 4.69) is 5.32 Å². The zero-order chi connectivity index (χ0) is 15.4. The van der Waals surface area contributed by atoms with Crippen LogP contribution in [0.15, 0.2) is 72.8 Å². The highest BCUT2D eigenvalue weighted by Crippen LogP contribution is 2.22. The molecule has 108 valence electrons. The number of halogens is 1. The Balaban J connectivity index is 1.79. The van der Waals surface area contributed by atoms with E-state index in [1.165, 1.54) is 18.2 Å². The lowest BCUT2D eigenvalue weighted by molar-refractivity contribution is -0.111. The molecule has 3 aromatic rings. The minimum absolute atomic E-state index is 0.249. The first-order valence-electron chi connectivity index (χ1n) is 6.95. The lowest BCUT2D eigenvalue weighted by atomic mass is 10.1. The number of fused-ring (bicyclic) bond motifs is 1. The molecule has 0 radical (unpaired) electrons. The van der Waals surface area contributed by atoms with E-state index in [0.29, 0.717) is 5.56 Å². The Morgan fingerprint density at radius 2 is 1.73 bits per heavy atom. The van der Waals surface area contributed by atoms with Gasteiger partial charge < -0.3 is 5.32 Å². The van der Waals surface area contributed by atoms with Gasteiger partial charge in [0.15, 0.2) is 0 Å². The lowest BCUT2D eigenvalue weighted by Crippen LogP contribution is -2.07. The average Bonchev–Trinajstić information content (AvgIpc) is 2.53. The summed E-state index contributed by atoms with van der Waals surface area (Å²) in [6.45, 7) is 0. The van der Waals surface area contributed by atoms with Gasteiger partial charge in [0.2, 0.25) is 5.91 Å². The number of hydrogen-bond acceptors (Lipinski definition) is 1. The van der Waals surface area contributed by atoms with Crippen LogP contribution in [0.3, 0.4) is 0 Å². The van der Waals surface area contributed by atoms with Gasteiger partial charge in [0, 0.05) is 17.1 Å². The molecule has 2 nitrogen and oxygen atoms in total. The van der Waals surface area contributed by atoms with E-state index in [1.807, 2.05) is 42.5 Å². The topological polar surface area (TPSA) is 29.1 Å². The van der Waals surface area contributed by atoms with Gasteiger partial charge in [-0.3, -0.25) is 4.79 Å². The minimum atomic E-state index is -0.323. The van der Waals surface area contributed by atoms with Crippen LogP contribution in [-0.4, -0.2) is 5.91 Å². The molecule has 0 spiro atoms. The number of amides is 1. The molecule has 0 saturated heterocycles. The number of carbonyl (C=O) groups excluding carboxylic acids is 1. The molecule has 0 fully saturated rings. The molecule has 0 aliphatic carbocycles. The summed E-state index contributed by atoms with van der Waals surface area (Å²) in [6.07, 6.45) is 2.99. The largest absolute Gasteiger partial charge is 0.322 e. The van der Waals surface area contributed by atoms with E-state index >= 15 is 0 Å². The van der Waals surface area contributed by atoms with Crippen LogP contribution in [0.25, 0.3) is 16.8 Å². The maximum atomic E-state index is 13.1. The van der Waals surface area contributed by atoms with Gasteiger partial charge in [-0.1, -0.05) is 48.5 Å². The standard InChI is InChI=1S/C19H14FNO/c20-16-8-3-5-14(13-16)11-12-19(22)21-18-10-4-7-15-6-1-2-9-17(15)18/h1-13H,(H,21,22)/b12-11+. The summed E-state index contributed by atoms with van der Waals surface area (Å²) in [5.74, 6) is -0.572. The normalized spacial score (nSPS) is 11.0. The fraction of sp³-hybridized carbons (Fsp3) is 0. The quantitative estimate of drug-likeness (QED) is 0.700. The van der Waals surface area contributed by atoms with E-state index in [-0.39, 0.29) is 11.7 Å². The molecule has 0 bridgehead atoms. The van der Waals surface area contributed by atoms with E-state index in [9.17, 15) is 9.18 Å². The molecule has 0 unspecified atom stereocenters. The molecular weight excluding hydrogens is 277 g/mol. The van der Waals surface area contributed by atoms with Gasteiger partial charge in [0.1, 0.15) is 5.82 Å². The van der Waals surface area contributed by atoms with Gasteiger partial charge in [0.05, 0.1) is 0 Å². The van der Waals surface area contributed by atoms with Crippen molar-refractivity contribution in [3.8, 4) is 0 Å². The number of nitrogens with one attached hydrogen (secondary N) is 1. The molecule has 0 aromatic heterocycles. The zero-order valence-electron chi connectivity index (χ0n) is 11.8. The van der Waals surface area contributed by atoms with E-state index in [4.69, 9.17) is 0 Å². The SMILES string of the molecule is O=C(/C=C/c1cccc(F)c1)Nc1cccc2ccccc12. The summed E-state index contributed by atoms with van der Waals surface area (Å²) in [6, 6.07) is 19.7. The van der Waals surface area contributed by atoms with Crippen molar-refractivity contribution in [3.05, 3.63) is 84.2 Å². The highest BCUT2D eigenvalue weighted by atomic mass is 19.1. The second-order valence-electron chi connectivity index (χ2n) is 4.90. The Morgan fingerprint density at radius 3 is 2.59 bits per heavy atom. The summed E-state index contributed by atoms with van der Waals surface area (Å²) in [7, 11) is 0. The average molecular weight is 291 g/mol. The second-order valence-corrected chi connectivity index (χ2v) is 4.90.